The molecule has 4 rings (SSSR count). The van der Waals surface area contributed by atoms with Crippen molar-refractivity contribution in [2.75, 3.05) is 27.2 Å². The van der Waals surface area contributed by atoms with E-state index in [-0.39, 0.29) is 6.61 Å². The minimum absolute atomic E-state index is 0.0541. The number of aryl methyl sites for hydroxylation is 1. The van der Waals surface area contributed by atoms with Gasteiger partial charge in [-0.15, -0.1) is 0 Å². The second-order valence-corrected chi connectivity index (χ2v) is 9.67. The van der Waals surface area contributed by atoms with Gasteiger partial charge in [0.15, 0.2) is 0 Å². The van der Waals surface area contributed by atoms with Crippen molar-refractivity contribution < 1.29 is 14.3 Å². The Balaban J connectivity index is 1.65. The van der Waals surface area contributed by atoms with Gasteiger partial charge in [0.2, 0.25) is 0 Å². The zero-order valence-corrected chi connectivity index (χ0v) is 21.1. The molecule has 1 aromatic heterocycles. The normalized spacial score (nSPS) is 14.4. The van der Waals surface area contributed by atoms with Crippen LogP contribution in [-0.4, -0.2) is 59.3 Å². The number of benzene rings is 2. The second kappa shape index (κ2) is 10.00. The van der Waals surface area contributed by atoms with Crippen molar-refractivity contribution in [1.82, 2.24) is 14.4 Å². The highest BCUT2D eigenvalue weighted by molar-refractivity contribution is 9.10. The number of piperidine rings is 1. The van der Waals surface area contributed by atoms with Gasteiger partial charge in [-0.25, -0.2) is 0 Å². The van der Waals surface area contributed by atoms with Crippen molar-refractivity contribution in [3.63, 3.8) is 0 Å². The molecule has 0 radical (unpaired) electrons. The lowest BCUT2D eigenvalue weighted by atomic mass is 10.0. The summed E-state index contributed by atoms with van der Waals surface area (Å²) in [6.45, 7) is 1.18. The predicted octanol–water partition coefficient (Wildman–Crippen LogP) is 4.13. The molecule has 7 nitrogen and oxygen atoms in total. The lowest BCUT2D eigenvalue weighted by Crippen LogP contribution is -2.46. The van der Waals surface area contributed by atoms with E-state index in [1.165, 1.54) is 0 Å². The third kappa shape index (κ3) is 4.59. The topological polar surface area (TPSA) is 78.6 Å². The molecular formula is C26H27BrN4O3. The van der Waals surface area contributed by atoms with E-state index in [0.717, 1.165) is 28.2 Å². The van der Waals surface area contributed by atoms with Gasteiger partial charge in [-0.3, -0.25) is 9.59 Å². The Bertz CT molecular complexity index is 1280. The first kappa shape index (κ1) is 24.0. The van der Waals surface area contributed by atoms with Crippen LogP contribution in [0.5, 0.6) is 5.75 Å². The number of ketones is 1. The third-order valence-corrected chi connectivity index (χ3v) is 7.05. The summed E-state index contributed by atoms with van der Waals surface area (Å²) in [5, 5.41) is 10.2. The number of nitriles is 1. The lowest BCUT2D eigenvalue weighted by molar-refractivity contribution is -0.127. The highest BCUT2D eigenvalue weighted by Crippen LogP contribution is 2.29. The molecule has 34 heavy (non-hydrogen) atoms. The molecule has 0 atom stereocenters. The number of hydrogen-bond donors (Lipinski definition) is 0. The van der Waals surface area contributed by atoms with Crippen molar-refractivity contribution in [3.05, 3.63) is 63.8 Å². The van der Waals surface area contributed by atoms with Crippen LogP contribution in [0.15, 0.2) is 46.9 Å². The number of para-hydroxylation sites is 1. The fourth-order valence-corrected chi connectivity index (χ4v) is 4.93. The minimum Gasteiger partial charge on any atom is -0.486 e. The maximum Gasteiger partial charge on any atom is 0.295 e. The highest BCUT2D eigenvalue weighted by Gasteiger charge is 2.32. The van der Waals surface area contributed by atoms with Gasteiger partial charge in [0.1, 0.15) is 18.4 Å². The number of carbonyl (C=O) groups excluding carboxylic acids is 2. The SMILES string of the molecule is CN(C)C1CCN(C(=O)C(=O)c2c(COc3ccc(Br)cc3C#N)n(C)c3ccccc23)CC1. The number of fused-ring (bicyclic) bond motifs is 1. The number of hydrogen-bond acceptors (Lipinski definition) is 5. The van der Waals surface area contributed by atoms with Crippen LogP contribution in [0.25, 0.3) is 10.9 Å². The first-order chi connectivity index (χ1) is 16.3. The van der Waals surface area contributed by atoms with E-state index in [0.29, 0.717) is 41.7 Å². The van der Waals surface area contributed by atoms with E-state index in [4.69, 9.17) is 4.74 Å². The first-order valence-corrected chi connectivity index (χ1v) is 12.0. The molecule has 2 heterocycles. The van der Waals surface area contributed by atoms with E-state index in [1.807, 2.05) is 50.0 Å². The van der Waals surface area contributed by atoms with Crippen LogP contribution in [0.3, 0.4) is 0 Å². The summed E-state index contributed by atoms with van der Waals surface area (Å²) in [6, 6.07) is 15.3. The van der Waals surface area contributed by atoms with Crippen molar-refractivity contribution in [2.24, 2.45) is 7.05 Å². The highest BCUT2D eigenvalue weighted by atomic mass is 79.9. The number of carbonyl (C=O) groups is 2. The maximum absolute atomic E-state index is 13.6. The van der Waals surface area contributed by atoms with Crippen LogP contribution in [0.4, 0.5) is 0 Å². The molecule has 0 aliphatic carbocycles. The molecule has 0 N–H and O–H groups in total. The minimum atomic E-state index is -0.519. The molecule has 0 saturated carbocycles. The van der Waals surface area contributed by atoms with Gasteiger partial charge in [0.25, 0.3) is 11.7 Å². The fourth-order valence-electron chi connectivity index (χ4n) is 4.57. The summed E-state index contributed by atoms with van der Waals surface area (Å²) in [4.78, 5) is 30.6. The summed E-state index contributed by atoms with van der Waals surface area (Å²) in [5.74, 6) is -0.572. The zero-order chi connectivity index (χ0) is 24.4. The summed E-state index contributed by atoms with van der Waals surface area (Å²) in [6.07, 6.45) is 1.69. The molecule has 3 aromatic rings. The predicted molar refractivity (Wildman–Crippen MR) is 134 cm³/mol. The monoisotopic (exact) mass is 522 g/mol. The van der Waals surface area contributed by atoms with Gasteiger partial charge in [-0.2, -0.15) is 5.26 Å². The number of rotatable bonds is 6. The van der Waals surface area contributed by atoms with E-state index >= 15 is 0 Å². The second-order valence-electron chi connectivity index (χ2n) is 8.75. The van der Waals surface area contributed by atoms with Gasteiger partial charge < -0.3 is 19.1 Å². The Morgan fingerprint density at radius 1 is 1.18 bits per heavy atom. The fraction of sp³-hybridized carbons (Fsp3) is 0.346. The molecule has 1 fully saturated rings. The van der Waals surface area contributed by atoms with Crippen molar-refractivity contribution in [2.45, 2.75) is 25.5 Å². The smallest absolute Gasteiger partial charge is 0.295 e. The van der Waals surface area contributed by atoms with Crippen LogP contribution in [0, 0.1) is 11.3 Å². The Labute approximate surface area is 207 Å². The molecule has 0 spiro atoms. The molecule has 1 amide bonds. The van der Waals surface area contributed by atoms with E-state index in [2.05, 4.69) is 26.9 Å². The molecular weight excluding hydrogens is 496 g/mol. The van der Waals surface area contributed by atoms with Crippen molar-refractivity contribution in [3.8, 4) is 11.8 Å². The van der Waals surface area contributed by atoms with E-state index < -0.39 is 11.7 Å². The van der Waals surface area contributed by atoms with E-state index in [9.17, 15) is 14.9 Å². The average Bonchev–Trinajstić information content (AvgIpc) is 3.13. The quantitative estimate of drug-likeness (QED) is 0.359. The summed E-state index contributed by atoms with van der Waals surface area (Å²) >= 11 is 3.36. The Kier molecular flexibility index (Phi) is 7.05. The standard InChI is InChI=1S/C26H27BrN4O3/c1-29(2)19-10-12-31(13-11-19)26(33)25(32)24-20-6-4-5-7-21(20)30(3)22(24)16-34-23-9-8-18(27)14-17(23)15-28/h4-9,14,19H,10-13,16H2,1-3H3. The van der Waals surface area contributed by atoms with Crippen molar-refractivity contribution in [1.29, 1.82) is 5.26 Å². The molecule has 2 aromatic carbocycles. The number of aromatic nitrogens is 1. The molecule has 0 unspecified atom stereocenters. The number of Topliss-reactive ketones (excluding diaryl/α,β-unsaturated/α-hetero) is 1. The number of amides is 1. The molecule has 176 valence electrons. The van der Waals surface area contributed by atoms with Gasteiger partial charge in [-0.1, -0.05) is 34.1 Å². The molecule has 0 bridgehead atoms. The molecule has 1 aliphatic heterocycles. The number of likely N-dealkylation sites (tertiary alicyclic amines) is 1. The largest absolute Gasteiger partial charge is 0.486 e. The van der Waals surface area contributed by atoms with Crippen LogP contribution in [0.1, 0.15) is 34.5 Å². The Morgan fingerprint density at radius 2 is 1.88 bits per heavy atom. The van der Waals surface area contributed by atoms with E-state index in [1.54, 1.807) is 23.1 Å². The summed E-state index contributed by atoms with van der Waals surface area (Å²) in [7, 11) is 5.94. The van der Waals surface area contributed by atoms with Gasteiger partial charge in [0.05, 0.1) is 16.8 Å². The van der Waals surface area contributed by atoms with Crippen LogP contribution >= 0.6 is 15.9 Å². The maximum atomic E-state index is 13.6. The third-order valence-electron chi connectivity index (χ3n) is 6.56. The van der Waals surface area contributed by atoms with Crippen LogP contribution < -0.4 is 4.74 Å². The Hall–Kier alpha value is -3.15. The molecule has 8 heteroatoms. The van der Waals surface area contributed by atoms with Crippen LogP contribution in [-0.2, 0) is 18.4 Å². The first-order valence-electron chi connectivity index (χ1n) is 11.2. The van der Waals surface area contributed by atoms with Crippen molar-refractivity contribution >= 4 is 38.5 Å². The summed E-state index contributed by atoms with van der Waals surface area (Å²) in [5.41, 5.74) is 2.21. The number of nitrogens with zero attached hydrogens (tertiary/aromatic N) is 4. The molecule has 1 aliphatic rings. The lowest BCUT2D eigenvalue weighted by Gasteiger charge is -2.34. The average molecular weight is 523 g/mol. The number of halogens is 1. The van der Waals surface area contributed by atoms with Gasteiger partial charge in [0, 0.05) is 41.6 Å². The van der Waals surface area contributed by atoms with Crippen LogP contribution in [0.2, 0.25) is 0 Å². The van der Waals surface area contributed by atoms with Gasteiger partial charge in [-0.05, 0) is 51.2 Å². The molecule has 1 saturated heterocycles. The summed E-state index contributed by atoms with van der Waals surface area (Å²) < 4.78 is 8.66. The zero-order valence-electron chi connectivity index (χ0n) is 19.5. The Morgan fingerprint density at radius 3 is 2.56 bits per heavy atom. The number of ether oxygens (including phenoxy) is 1. The van der Waals surface area contributed by atoms with Gasteiger partial charge >= 0.3 is 0 Å².